The quantitative estimate of drug-likeness (QED) is 0.613. The summed E-state index contributed by atoms with van der Waals surface area (Å²) >= 11 is 0. The second-order valence-corrected chi connectivity index (χ2v) is 4.93. The third-order valence-corrected chi connectivity index (χ3v) is 2.29. The van der Waals surface area contributed by atoms with E-state index in [1.807, 2.05) is 0 Å². The lowest BCUT2D eigenvalue weighted by Crippen LogP contribution is -2.35. The van der Waals surface area contributed by atoms with Gasteiger partial charge in [-0.25, -0.2) is 21.9 Å². The maximum Gasteiger partial charge on any atom is 0.253 e. The lowest BCUT2D eigenvalue weighted by molar-refractivity contribution is 0.106. The summed E-state index contributed by atoms with van der Waals surface area (Å²) < 4.78 is 47.3. The fraction of sp³-hybridized carbons (Fsp3) is 1.00. The van der Waals surface area contributed by atoms with Crippen molar-refractivity contribution in [2.75, 3.05) is 19.3 Å². The topological polar surface area (TPSA) is 58.2 Å². The molecule has 1 unspecified atom stereocenters. The van der Waals surface area contributed by atoms with E-state index in [4.69, 9.17) is 0 Å². The van der Waals surface area contributed by atoms with Gasteiger partial charge in [-0.1, -0.05) is 0 Å². The van der Waals surface area contributed by atoms with Crippen molar-refractivity contribution in [3.05, 3.63) is 0 Å². The van der Waals surface area contributed by atoms with Crippen LogP contribution in [-0.2, 0) is 10.0 Å². The summed E-state index contributed by atoms with van der Waals surface area (Å²) in [6.45, 7) is 2.02. The molecule has 0 saturated carbocycles. The first-order valence-electron chi connectivity index (χ1n) is 4.29. The Balaban J connectivity index is 3.39. The standard InChI is InChI=1S/C7H16F2N2O2S/c1-6(7(8)9)10-4-3-5-11-14(2,12)13/h6-7,10-11H,3-5H2,1-2H3. The number of nitrogens with one attached hydrogen (secondary N) is 2. The van der Waals surface area contributed by atoms with Gasteiger partial charge < -0.3 is 5.32 Å². The average Bonchev–Trinajstić information content (AvgIpc) is 2.01. The predicted octanol–water partition coefficient (Wildman–Crippen LogP) is 0.169. The Hall–Kier alpha value is -0.270. The van der Waals surface area contributed by atoms with E-state index in [0.717, 1.165) is 6.26 Å². The van der Waals surface area contributed by atoms with Crippen LogP contribution in [0.15, 0.2) is 0 Å². The Morgan fingerprint density at radius 1 is 1.29 bits per heavy atom. The molecule has 4 nitrogen and oxygen atoms in total. The van der Waals surface area contributed by atoms with E-state index in [9.17, 15) is 17.2 Å². The highest BCUT2D eigenvalue weighted by molar-refractivity contribution is 7.88. The molecule has 1 atom stereocenters. The van der Waals surface area contributed by atoms with Crippen LogP contribution in [0.3, 0.4) is 0 Å². The summed E-state index contributed by atoms with van der Waals surface area (Å²) in [6.07, 6.45) is -0.843. The van der Waals surface area contributed by atoms with E-state index in [-0.39, 0.29) is 6.54 Å². The van der Waals surface area contributed by atoms with Crippen molar-refractivity contribution in [1.29, 1.82) is 0 Å². The molecular weight excluding hydrogens is 214 g/mol. The van der Waals surface area contributed by atoms with Gasteiger partial charge in [0.1, 0.15) is 0 Å². The minimum absolute atomic E-state index is 0.266. The summed E-state index contributed by atoms with van der Waals surface area (Å²) in [5, 5.41) is 2.58. The van der Waals surface area contributed by atoms with Gasteiger partial charge >= 0.3 is 0 Å². The summed E-state index contributed by atoms with van der Waals surface area (Å²) in [5.74, 6) is 0. The van der Waals surface area contributed by atoms with Gasteiger partial charge in [-0.15, -0.1) is 0 Å². The summed E-state index contributed by atoms with van der Waals surface area (Å²) in [5.41, 5.74) is 0. The Morgan fingerprint density at radius 2 is 1.86 bits per heavy atom. The molecular formula is C7H16F2N2O2S. The molecule has 14 heavy (non-hydrogen) atoms. The highest BCUT2D eigenvalue weighted by Crippen LogP contribution is 1.98. The van der Waals surface area contributed by atoms with Gasteiger partial charge in [0.2, 0.25) is 10.0 Å². The molecule has 0 spiro atoms. The van der Waals surface area contributed by atoms with Gasteiger partial charge in [0.15, 0.2) is 0 Å². The van der Waals surface area contributed by atoms with E-state index in [2.05, 4.69) is 10.0 Å². The summed E-state index contributed by atoms with van der Waals surface area (Å²) in [6, 6.07) is -0.853. The van der Waals surface area contributed by atoms with Gasteiger partial charge in [-0.2, -0.15) is 0 Å². The summed E-state index contributed by atoms with van der Waals surface area (Å²) in [7, 11) is -3.17. The molecule has 0 aliphatic carbocycles. The number of hydrogen-bond donors (Lipinski definition) is 2. The second kappa shape index (κ2) is 6.26. The fourth-order valence-corrected chi connectivity index (χ4v) is 1.28. The van der Waals surface area contributed by atoms with Crippen molar-refractivity contribution in [3.63, 3.8) is 0 Å². The molecule has 0 aromatic heterocycles. The molecule has 0 radical (unpaired) electrons. The van der Waals surface area contributed by atoms with Crippen LogP contribution in [0.5, 0.6) is 0 Å². The first-order valence-corrected chi connectivity index (χ1v) is 6.18. The number of hydrogen-bond acceptors (Lipinski definition) is 3. The second-order valence-electron chi connectivity index (χ2n) is 3.10. The molecule has 0 saturated heterocycles. The molecule has 0 aliphatic heterocycles. The van der Waals surface area contributed by atoms with E-state index in [1.54, 1.807) is 0 Å². The zero-order chi connectivity index (χ0) is 11.2. The molecule has 0 aromatic rings. The van der Waals surface area contributed by atoms with E-state index in [0.29, 0.717) is 13.0 Å². The fourth-order valence-electron chi connectivity index (χ4n) is 0.765. The summed E-state index contributed by atoms with van der Waals surface area (Å²) in [4.78, 5) is 0. The van der Waals surface area contributed by atoms with Crippen LogP contribution in [0.4, 0.5) is 8.78 Å². The largest absolute Gasteiger partial charge is 0.309 e. The molecule has 0 fully saturated rings. The normalized spacial score (nSPS) is 14.6. The molecule has 0 aromatic carbocycles. The smallest absolute Gasteiger partial charge is 0.253 e. The lowest BCUT2D eigenvalue weighted by atomic mass is 10.3. The van der Waals surface area contributed by atoms with Crippen molar-refractivity contribution < 1.29 is 17.2 Å². The molecule has 0 amide bonds. The van der Waals surface area contributed by atoms with Gasteiger partial charge in [-0.3, -0.25) is 0 Å². The Labute approximate surface area is 83.1 Å². The van der Waals surface area contributed by atoms with Crippen LogP contribution in [0, 0.1) is 0 Å². The van der Waals surface area contributed by atoms with E-state index in [1.165, 1.54) is 6.92 Å². The third kappa shape index (κ3) is 8.33. The predicted molar refractivity (Wildman–Crippen MR) is 50.9 cm³/mol. The van der Waals surface area contributed by atoms with Crippen molar-refractivity contribution in [2.24, 2.45) is 0 Å². The van der Waals surface area contributed by atoms with Crippen molar-refractivity contribution in [2.45, 2.75) is 25.8 Å². The average molecular weight is 230 g/mol. The number of rotatable bonds is 7. The van der Waals surface area contributed by atoms with Crippen LogP contribution in [0.1, 0.15) is 13.3 Å². The molecule has 2 N–H and O–H groups in total. The third-order valence-electron chi connectivity index (χ3n) is 1.56. The maximum atomic E-state index is 12.0. The maximum absolute atomic E-state index is 12.0. The number of sulfonamides is 1. The zero-order valence-corrected chi connectivity index (χ0v) is 9.07. The van der Waals surface area contributed by atoms with Crippen molar-refractivity contribution in [1.82, 2.24) is 10.0 Å². The highest BCUT2D eigenvalue weighted by atomic mass is 32.2. The zero-order valence-electron chi connectivity index (χ0n) is 8.26. The first kappa shape index (κ1) is 13.7. The molecule has 0 heterocycles. The Bertz CT molecular complexity index is 244. The van der Waals surface area contributed by atoms with Gasteiger partial charge in [0.05, 0.1) is 12.3 Å². The van der Waals surface area contributed by atoms with Crippen molar-refractivity contribution >= 4 is 10.0 Å². The van der Waals surface area contributed by atoms with Crippen LogP contribution in [0.2, 0.25) is 0 Å². The minimum Gasteiger partial charge on any atom is -0.309 e. The molecule has 86 valence electrons. The van der Waals surface area contributed by atoms with Gasteiger partial charge in [0, 0.05) is 6.54 Å². The molecule has 0 rings (SSSR count). The Kier molecular flexibility index (Phi) is 6.14. The van der Waals surface area contributed by atoms with Crippen molar-refractivity contribution in [3.8, 4) is 0 Å². The molecule has 7 heteroatoms. The first-order chi connectivity index (χ1) is 6.33. The SMILES string of the molecule is CC(NCCCNS(C)(=O)=O)C(F)F. The van der Waals surface area contributed by atoms with Crippen LogP contribution in [-0.4, -0.2) is 40.2 Å². The van der Waals surface area contributed by atoms with Crippen LogP contribution >= 0.6 is 0 Å². The van der Waals surface area contributed by atoms with Crippen LogP contribution in [0.25, 0.3) is 0 Å². The highest BCUT2D eigenvalue weighted by Gasteiger charge is 2.12. The number of halogens is 2. The monoisotopic (exact) mass is 230 g/mol. The Morgan fingerprint density at radius 3 is 2.29 bits per heavy atom. The van der Waals surface area contributed by atoms with E-state index < -0.39 is 22.5 Å². The molecule has 0 bridgehead atoms. The number of alkyl halides is 2. The van der Waals surface area contributed by atoms with E-state index >= 15 is 0 Å². The van der Waals surface area contributed by atoms with Gasteiger partial charge in [0.25, 0.3) is 6.43 Å². The molecule has 0 aliphatic rings. The minimum atomic E-state index is -3.17. The lowest BCUT2D eigenvalue weighted by Gasteiger charge is -2.12. The van der Waals surface area contributed by atoms with Gasteiger partial charge in [-0.05, 0) is 19.9 Å². The van der Waals surface area contributed by atoms with Crippen LogP contribution < -0.4 is 10.0 Å².